The fraction of sp³-hybridized carbons (Fsp3) is 1.00. The predicted molar refractivity (Wildman–Crippen MR) is 34.6 cm³/mol. The van der Waals surface area contributed by atoms with Gasteiger partial charge in [-0.25, -0.2) is 17.6 Å². The lowest BCUT2D eigenvalue weighted by atomic mass is 10.4. The fourth-order valence-electron chi connectivity index (χ4n) is 0.295. The van der Waals surface area contributed by atoms with E-state index in [9.17, 15) is 17.6 Å². The third-order valence-corrected chi connectivity index (χ3v) is 2.52. The highest BCUT2D eigenvalue weighted by atomic mass is 35.7. The Bertz CT molecular complexity index is 107. The molecule has 62 valence electrons. The molecule has 0 saturated carbocycles. The second kappa shape index (κ2) is 3.78. The van der Waals surface area contributed by atoms with E-state index >= 15 is 0 Å². The average molecular weight is 215 g/mol. The first-order valence-corrected chi connectivity index (χ1v) is 6.61. The fourth-order valence-corrected chi connectivity index (χ4v) is 2.12. The van der Waals surface area contributed by atoms with Crippen LogP contribution in [0.2, 0.25) is 6.04 Å². The standard InChI is InChI=1S/C3H4Cl2F4Si/c4-10(5)1-3(8,9)2(6)7/h2,10H,1H2. The van der Waals surface area contributed by atoms with Crippen LogP contribution >= 0.6 is 22.2 Å². The van der Waals surface area contributed by atoms with Gasteiger partial charge in [0.25, 0.3) is 0 Å². The summed E-state index contributed by atoms with van der Waals surface area (Å²) in [6.07, 6.45) is -3.67. The Morgan fingerprint density at radius 2 is 1.70 bits per heavy atom. The lowest BCUT2D eigenvalue weighted by molar-refractivity contribution is -0.113. The lowest BCUT2D eigenvalue weighted by Crippen LogP contribution is -2.28. The van der Waals surface area contributed by atoms with E-state index in [0.29, 0.717) is 0 Å². The van der Waals surface area contributed by atoms with E-state index in [1.807, 2.05) is 0 Å². The molecule has 0 N–H and O–H groups in total. The molecule has 0 heterocycles. The van der Waals surface area contributed by atoms with Crippen LogP contribution in [-0.4, -0.2) is 19.8 Å². The summed E-state index contributed by atoms with van der Waals surface area (Å²) >= 11 is 9.99. The van der Waals surface area contributed by atoms with Crippen molar-refractivity contribution in [1.82, 2.24) is 0 Å². The molecule has 0 aliphatic heterocycles. The van der Waals surface area contributed by atoms with Gasteiger partial charge in [0.05, 0.1) is 0 Å². The van der Waals surface area contributed by atoms with Crippen molar-refractivity contribution in [3.05, 3.63) is 0 Å². The summed E-state index contributed by atoms with van der Waals surface area (Å²) in [6.45, 7) is 0. The molecule has 0 unspecified atom stereocenters. The van der Waals surface area contributed by atoms with Gasteiger partial charge < -0.3 is 0 Å². The molecule has 0 rings (SSSR count). The van der Waals surface area contributed by atoms with E-state index < -0.39 is 25.8 Å². The molecule has 0 saturated heterocycles. The number of hydrogen-bond donors (Lipinski definition) is 0. The largest absolute Gasteiger partial charge is 0.307 e. The Hall–Kier alpha value is 0.517. The number of alkyl halides is 4. The van der Waals surface area contributed by atoms with Gasteiger partial charge in [0.15, 0.2) is 0 Å². The van der Waals surface area contributed by atoms with E-state index in [1.54, 1.807) is 0 Å². The van der Waals surface area contributed by atoms with Gasteiger partial charge in [-0.05, 0) is 0 Å². The van der Waals surface area contributed by atoms with Crippen LogP contribution in [0.4, 0.5) is 17.6 Å². The highest BCUT2D eigenvalue weighted by molar-refractivity contribution is 7.33. The number of hydrogen-bond acceptors (Lipinski definition) is 0. The molecule has 0 aliphatic rings. The molecule has 0 fully saturated rings. The van der Waals surface area contributed by atoms with Crippen molar-refractivity contribution in [2.75, 3.05) is 0 Å². The van der Waals surface area contributed by atoms with Crippen LogP contribution in [-0.2, 0) is 0 Å². The van der Waals surface area contributed by atoms with Gasteiger partial charge >= 0.3 is 12.3 Å². The van der Waals surface area contributed by atoms with Gasteiger partial charge in [0.2, 0.25) is 7.42 Å². The molecule has 0 amide bonds. The van der Waals surface area contributed by atoms with Crippen LogP contribution in [0.5, 0.6) is 0 Å². The lowest BCUT2D eigenvalue weighted by Gasteiger charge is -2.13. The molecule has 0 radical (unpaired) electrons. The predicted octanol–water partition coefficient (Wildman–Crippen LogP) is 2.58. The van der Waals surface area contributed by atoms with E-state index in [2.05, 4.69) is 0 Å². The highest BCUT2D eigenvalue weighted by Crippen LogP contribution is 2.30. The SMILES string of the molecule is FC(F)C(F)(F)C[SiH](Cl)Cl. The van der Waals surface area contributed by atoms with Crippen LogP contribution in [0.25, 0.3) is 0 Å². The molecule has 7 heteroatoms. The second-order valence-electron chi connectivity index (χ2n) is 1.66. The maximum absolute atomic E-state index is 11.9. The summed E-state index contributed by atoms with van der Waals surface area (Å²) in [6, 6.07) is -1.08. The van der Waals surface area contributed by atoms with E-state index in [-0.39, 0.29) is 0 Å². The first-order chi connectivity index (χ1) is 4.36. The van der Waals surface area contributed by atoms with Crippen molar-refractivity contribution in [1.29, 1.82) is 0 Å². The summed E-state index contributed by atoms with van der Waals surface area (Å²) in [5.41, 5.74) is 0. The topological polar surface area (TPSA) is 0 Å². The second-order valence-corrected chi connectivity index (χ2v) is 6.68. The van der Waals surface area contributed by atoms with Crippen LogP contribution in [0.15, 0.2) is 0 Å². The summed E-state index contributed by atoms with van der Waals surface area (Å²) < 4.78 is 46.5. The van der Waals surface area contributed by atoms with Crippen LogP contribution < -0.4 is 0 Å². The van der Waals surface area contributed by atoms with Crippen molar-refractivity contribution in [3.63, 3.8) is 0 Å². The molecular formula is C3H4Cl2F4Si. The van der Waals surface area contributed by atoms with Gasteiger partial charge in [-0.15, -0.1) is 0 Å². The Kier molecular flexibility index (Phi) is 3.97. The molecule has 0 aliphatic carbocycles. The van der Waals surface area contributed by atoms with E-state index in [4.69, 9.17) is 22.2 Å². The minimum atomic E-state index is -4.01. The summed E-state index contributed by atoms with van der Waals surface area (Å²) in [5, 5.41) is 0. The van der Waals surface area contributed by atoms with Crippen molar-refractivity contribution in [2.24, 2.45) is 0 Å². The van der Waals surface area contributed by atoms with E-state index in [1.165, 1.54) is 0 Å². The summed E-state index contributed by atoms with van der Waals surface area (Å²) in [4.78, 5) is 0. The molecule has 0 bridgehead atoms. The molecule has 0 aromatic carbocycles. The molecule has 0 spiro atoms. The Labute approximate surface area is 66.1 Å². The number of rotatable bonds is 3. The first kappa shape index (κ1) is 10.5. The Balaban J connectivity index is 3.87. The van der Waals surface area contributed by atoms with Gasteiger partial charge in [-0.2, -0.15) is 22.2 Å². The Morgan fingerprint density at radius 3 is 1.80 bits per heavy atom. The van der Waals surface area contributed by atoms with Gasteiger partial charge in [0.1, 0.15) is 0 Å². The first-order valence-electron chi connectivity index (χ1n) is 2.30. The third-order valence-electron chi connectivity index (χ3n) is 0.746. The zero-order valence-corrected chi connectivity index (χ0v) is 7.30. The summed E-state index contributed by atoms with van der Waals surface area (Å²) in [5.74, 6) is -4.01. The van der Waals surface area contributed by atoms with Crippen LogP contribution in [0.1, 0.15) is 0 Å². The van der Waals surface area contributed by atoms with Crippen molar-refractivity contribution >= 4 is 29.6 Å². The normalized spacial score (nSPS) is 13.2. The maximum Gasteiger partial charge on any atom is 0.307 e. The molecule has 0 nitrogen and oxygen atoms in total. The number of halogens is 6. The zero-order chi connectivity index (χ0) is 8.36. The molecule has 0 atom stereocenters. The smallest absolute Gasteiger partial charge is 0.204 e. The van der Waals surface area contributed by atoms with Gasteiger partial charge in [-0.3, -0.25) is 0 Å². The van der Waals surface area contributed by atoms with Gasteiger partial charge in [0, 0.05) is 6.04 Å². The van der Waals surface area contributed by atoms with Gasteiger partial charge in [-0.1, -0.05) is 0 Å². The minimum absolute atomic E-state index is 1.08. The molecular weight excluding hydrogens is 211 g/mol. The molecule has 10 heavy (non-hydrogen) atoms. The van der Waals surface area contributed by atoms with Crippen molar-refractivity contribution in [2.45, 2.75) is 18.4 Å². The Morgan fingerprint density at radius 1 is 1.30 bits per heavy atom. The van der Waals surface area contributed by atoms with Crippen LogP contribution in [0.3, 0.4) is 0 Å². The highest BCUT2D eigenvalue weighted by Gasteiger charge is 2.42. The van der Waals surface area contributed by atoms with Crippen LogP contribution in [0, 0.1) is 0 Å². The summed E-state index contributed by atoms with van der Waals surface area (Å²) in [7, 11) is -2.64. The van der Waals surface area contributed by atoms with E-state index in [0.717, 1.165) is 0 Å². The third kappa shape index (κ3) is 3.63. The minimum Gasteiger partial charge on any atom is -0.204 e. The quantitative estimate of drug-likeness (QED) is 0.385. The molecule has 0 aromatic rings. The molecule has 0 aromatic heterocycles. The van der Waals surface area contributed by atoms with Crippen molar-refractivity contribution in [3.8, 4) is 0 Å². The monoisotopic (exact) mass is 214 g/mol. The zero-order valence-electron chi connectivity index (χ0n) is 4.63. The van der Waals surface area contributed by atoms with Crippen molar-refractivity contribution < 1.29 is 17.6 Å². The maximum atomic E-state index is 11.9. The average Bonchev–Trinajstić information content (AvgIpc) is 1.60.